The van der Waals surface area contributed by atoms with Crippen LogP contribution in [0.15, 0.2) is 30.5 Å². The molecule has 0 atom stereocenters. The monoisotopic (exact) mass is 441 g/mol. The summed E-state index contributed by atoms with van der Waals surface area (Å²) in [5.41, 5.74) is 5.55. The zero-order valence-corrected chi connectivity index (χ0v) is 19.2. The number of hydrogen-bond donors (Lipinski definition) is 0. The molecule has 0 N–H and O–H groups in total. The number of rotatable bonds is 2. The summed E-state index contributed by atoms with van der Waals surface area (Å²) in [6.07, 6.45) is 4.00. The Labute approximate surface area is 174 Å². The van der Waals surface area contributed by atoms with Gasteiger partial charge in [0.1, 0.15) is 0 Å². The van der Waals surface area contributed by atoms with Gasteiger partial charge in [0.05, 0.1) is 0 Å². The van der Waals surface area contributed by atoms with Gasteiger partial charge < -0.3 is 0 Å². The van der Waals surface area contributed by atoms with Gasteiger partial charge in [0.2, 0.25) is 0 Å². The van der Waals surface area contributed by atoms with Crippen LogP contribution in [0.2, 0.25) is 0 Å². The molecule has 0 fully saturated rings. The molecular formula is C24H27NO2Se. The Kier molecular flexibility index (Phi) is 5.71. The summed E-state index contributed by atoms with van der Waals surface area (Å²) in [7, 11) is 1.36. The average Bonchev–Trinajstić information content (AvgIpc) is 2.66. The van der Waals surface area contributed by atoms with Gasteiger partial charge in [0.15, 0.2) is 0 Å². The Morgan fingerprint density at radius 1 is 1.14 bits per heavy atom. The Morgan fingerprint density at radius 2 is 1.79 bits per heavy atom. The van der Waals surface area contributed by atoms with E-state index in [0.29, 0.717) is 5.56 Å². The second-order valence-electron chi connectivity index (χ2n) is 8.65. The molecule has 1 aliphatic carbocycles. The molecule has 0 unspecified atom stereocenters. The van der Waals surface area contributed by atoms with E-state index in [2.05, 4.69) is 62.5 Å². The number of fused-ring (bicyclic) bond motifs is 1. The molecule has 1 aliphatic rings. The van der Waals surface area contributed by atoms with Crippen molar-refractivity contribution in [1.29, 1.82) is 0 Å². The number of methoxy groups -OCH3 is 1. The molecule has 0 radical (unpaired) electrons. The number of ether oxygens (including phenoxy) is 1. The molecule has 4 heteroatoms. The van der Waals surface area contributed by atoms with Gasteiger partial charge >= 0.3 is 174 Å². The SMILES string of the molecule is COC(=O)c1ncccc1C#C[Se]c1cc2c(cc1C)C(C)(C)CCC2(C)C. The number of carbonyl (C=O) groups is 1. The van der Waals surface area contributed by atoms with Crippen molar-refractivity contribution in [3.63, 3.8) is 0 Å². The first-order chi connectivity index (χ1) is 13.2. The van der Waals surface area contributed by atoms with E-state index in [1.54, 1.807) is 12.3 Å². The predicted molar refractivity (Wildman–Crippen MR) is 114 cm³/mol. The van der Waals surface area contributed by atoms with E-state index in [9.17, 15) is 4.79 Å². The fourth-order valence-corrected chi connectivity index (χ4v) is 5.11. The zero-order chi connectivity index (χ0) is 20.5. The molecule has 2 aromatic rings. The van der Waals surface area contributed by atoms with Crippen molar-refractivity contribution in [2.24, 2.45) is 0 Å². The Morgan fingerprint density at radius 3 is 2.43 bits per heavy atom. The number of pyridine rings is 1. The van der Waals surface area contributed by atoms with Gasteiger partial charge in [-0.1, -0.05) is 0 Å². The van der Waals surface area contributed by atoms with E-state index in [1.807, 2.05) is 6.07 Å². The van der Waals surface area contributed by atoms with Gasteiger partial charge in [-0.15, -0.1) is 0 Å². The van der Waals surface area contributed by atoms with Crippen LogP contribution in [-0.4, -0.2) is 33.0 Å². The Bertz CT molecular complexity index is 980. The molecule has 0 spiro atoms. The van der Waals surface area contributed by atoms with E-state index in [-0.39, 0.29) is 31.5 Å². The number of esters is 1. The predicted octanol–water partition coefficient (Wildman–Crippen LogP) is 3.86. The maximum atomic E-state index is 11.9. The molecule has 0 amide bonds. The summed E-state index contributed by atoms with van der Waals surface area (Å²) >= 11 is 0.0000141. The first-order valence-electron chi connectivity index (χ1n) is 9.52. The van der Waals surface area contributed by atoms with Crippen LogP contribution in [0.25, 0.3) is 0 Å². The number of aryl methyl sites for hydroxylation is 1. The van der Waals surface area contributed by atoms with Gasteiger partial charge in [-0.05, 0) is 0 Å². The third-order valence-corrected chi connectivity index (χ3v) is 7.49. The minimum absolute atomic E-state index is 0.0000141. The van der Waals surface area contributed by atoms with Crippen molar-refractivity contribution < 1.29 is 9.53 Å². The Hall–Kier alpha value is -2.08. The van der Waals surface area contributed by atoms with Gasteiger partial charge in [-0.25, -0.2) is 0 Å². The van der Waals surface area contributed by atoms with Gasteiger partial charge in [0, 0.05) is 0 Å². The summed E-state index contributed by atoms with van der Waals surface area (Å²) in [5, 5.41) is 0. The molecular weight excluding hydrogens is 413 g/mol. The van der Waals surface area contributed by atoms with Gasteiger partial charge in [-0.3, -0.25) is 0 Å². The van der Waals surface area contributed by atoms with Crippen molar-refractivity contribution >= 4 is 25.4 Å². The zero-order valence-electron chi connectivity index (χ0n) is 17.5. The summed E-state index contributed by atoms with van der Waals surface area (Å²) in [6, 6.07) is 8.36. The van der Waals surface area contributed by atoms with E-state index >= 15 is 0 Å². The second kappa shape index (κ2) is 7.74. The third-order valence-electron chi connectivity index (χ3n) is 5.68. The van der Waals surface area contributed by atoms with Crippen molar-refractivity contribution in [2.45, 2.75) is 58.3 Å². The molecule has 146 valence electrons. The van der Waals surface area contributed by atoms with Crippen molar-refractivity contribution in [3.8, 4) is 10.7 Å². The van der Waals surface area contributed by atoms with Gasteiger partial charge in [-0.2, -0.15) is 0 Å². The molecule has 0 aliphatic heterocycles. The van der Waals surface area contributed by atoms with E-state index in [0.717, 1.165) is 0 Å². The molecule has 3 rings (SSSR count). The van der Waals surface area contributed by atoms with Crippen LogP contribution in [0.5, 0.6) is 0 Å². The molecule has 1 aromatic heterocycles. The fourth-order valence-electron chi connectivity index (χ4n) is 3.71. The quantitative estimate of drug-likeness (QED) is 0.405. The normalized spacial score (nSPS) is 16.5. The Balaban J connectivity index is 1.95. The van der Waals surface area contributed by atoms with Crippen LogP contribution in [0.3, 0.4) is 0 Å². The fraction of sp³-hybridized carbons (Fsp3) is 0.417. The van der Waals surface area contributed by atoms with Gasteiger partial charge in [0.25, 0.3) is 0 Å². The van der Waals surface area contributed by atoms with E-state index in [4.69, 9.17) is 4.74 Å². The van der Waals surface area contributed by atoms with Crippen LogP contribution in [0.1, 0.15) is 73.3 Å². The third kappa shape index (κ3) is 4.02. The van der Waals surface area contributed by atoms with Crippen molar-refractivity contribution in [2.75, 3.05) is 7.11 Å². The number of hydrogen-bond acceptors (Lipinski definition) is 3. The van der Waals surface area contributed by atoms with Crippen molar-refractivity contribution in [3.05, 3.63) is 58.4 Å². The van der Waals surface area contributed by atoms with Crippen LogP contribution in [0.4, 0.5) is 0 Å². The molecule has 0 saturated heterocycles. The van der Waals surface area contributed by atoms with Crippen LogP contribution in [0, 0.1) is 17.7 Å². The number of benzene rings is 1. The number of nitrogens with zero attached hydrogens (tertiary/aromatic N) is 1. The van der Waals surface area contributed by atoms with Crippen LogP contribution >= 0.6 is 0 Å². The number of aromatic nitrogens is 1. The number of carbonyl (C=O) groups excluding carboxylic acids is 1. The second-order valence-corrected chi connectivity index (χ2v) is 10.4. The molecule has 1 heterocycles. The minimum atomic E-state index is -0.452. The first-order valence-corrected chi connectivity index (χ1v) is 11.2. The maximum absolute atomic E-state index is 11.9. The van der Waals surface area contributed by atoms with Crippen LogP contribution < -0.4 is 4.46 Å². The average molecular weight is 440 g/mol. The topological polar surface area (TPSA) is 39.2 Å². The first kappa shape index (κ1) is 20.6. The molecule has 1 aromatic carbocycles. The molecule has 0 saturated carbocycles. The van der Waals surface area contributed by atoms with E-state index < -0.39 is 5.97 Å². The summed E-state index contributed by atoms with van der Waals surface area (Å²) in [6.45, 7) is 11.6. The standard InChI is InChI=1S/C24H27NO2Se/c1-16-14-18-19(24(4,5)11-10-23(18,2)3)15-20(16)28-13-9-17-8-7-12-25-21(17)22(26)27-6/h7-8,12,14-15H,10-11H2,1-6H3. The van der Waals surface area contributed by atoms with Crippen LogP contribution in [-0.2, 0) is 15.6 Å². The summed E-state index contributed by atoms with van der Waals surface area (Å²) in [5.74, 6) is 2.68. The van der Waals surface area contributed by atoms with E-state index in [1.165, 1.54) is 41.1 Å². The van der Waals surface area contributed by atoms with Crippen molar-refractivity contribution in [1.82, 2.24) is 4.98 Å². The molecule has 28 heavy (non-hydrogen) atoms. The molecule has 3 nitrogen and oxygen atoms in total. The summed E-state index contributed by atoms with van der Waals surface area (Å²) < 4.78 is 6.11. The molecule has 0 bridgehead atoms. The summed E-state index contributed by atoms with van der Waals surface area (Å²) in [4.78, 5) is 19.3.